The molecule has 0 aromatic rings. The second-order valence-corrected chi connectivity index (χ2v) is 3.78. The number of quaternary nitrogens is 1. The molecule has 0 atom stereocenters. The van der Waals surface area contributed by atoms with Crippen molar-refractivity contribution in [2.24, 2.45) is 0 Å². The number of hydrogen-bond acceptors (Lipinski definition) is 3. The third-order valence-electron chi connectivity index (χ3n) is 2.55. The van der Waals surface area contributed by atoms with E-state index in [0.717, 1.165) is 0 Å². The van der Waals surface area contributed by atoms with Crippen molar-refractivity contribution in [1.82, 2.24) is 0 Å². The summed E-state index contributed by atoms with van der Waals surface area (Å²) in [5.41, 5.74) is 0. The molecule has 92 valence electrons. The zero-order valence-corrected chi connectivity index (χ0v) is 10.7. The third kappa shape index (κ3) is 11.3. The Labute approximate surface area is 93.4 Å². The number of carbonyl (C=O) groups excluding carboxylic acids is 1. The van der Waals surface area contributed by atoms with Crippen molar-refractivity contribution in [2.45, 2.75) is 27.2 Å². The summed E-state index contributed by atoms with van der Waals surface area (Å²) in [5.74, 6) is -1.18. The van der Waals surface area contributed by atoms with Crippen molar-refractivity contribution in [3.05, 3.63) is 0 Å². The summed E-state index contributed by atoms with van der Waals surface area (Å²) >= 11 is 0. The Kier molecular flexibility index (Phi) is 11.1. The van der Waals surface area contributed by atoms with Crippen LogP contribution in [0.1, 0.15) is 27.2 Å². The molecule has 0 aromatic heterocycles. The lowest BCUT2D eigenvalue weighted by atomic mass is 10.3. The lowest BCUT2D eigenvalue weighted by molar-refractivity contribution is -0.906. The molecule has 0 amide bonds. The highest BCUT2D eigenvalue weighted by Gasteiger charge is 2.13. The number of ether oxygens (including phenoxy) is 1. The summed E-state index contributed by atoms with van der Waals surface area (Å²) in [7, 11) is 3.62. The fourth-order valence-electron chi connectivity index (χ4n) is 1.20. The molecule has 0 aliphatic rings. The van der Waals surface area contributed by atoms with Crippen LogP contribution < -0.4 is 5.11 Å². The minimum absolute atomic E-state index is 0.319. The molecule has 0 aromatic carbocycles. The van der Waals surface area contributed by atoms with Crippen LogP contribution in [0.25, 0.3) is 0 Å². The Balaban J connectivity index is 0. The summed E-state index contributed by atoms with van der Waals surface area (Å²) < 4.78 is 5.37. The topological polar surface area (TPSA) is 49.4 Å². The van der Waals surface area contributed by atoms with E-state index < -0.39 is 5.97 Å². The Morgan fingerprint density at radius 1 is 1.27 bits per heavy atom. The van der Waals surface area contributed by atoms with Gasteiger partial charge >= 0.3 is 0 Å². The highest BCUT2D eigenvalue weighted by atomic mass is 16.5. The molecule has 0 aliphatic carbocycles. The van der Waals surface area contributed by atoms with E-state index in [-0.39, 0.29) is 6.61 Å². The predicted molar refractivity (Wildman–Crippen MR) is 59.3 cm³/mol. The number of carboxylic acid groups (broad SMARTS) is 1. The zero-order chi connectivity index (χ0) is 12.3. The van der Waals surface area contributed by atoms with Gasteiger partial charge < -0.3 is 19.1 Å². The average molecular weight is 219 g/mol. The molecule has 0 bridgehead atoms. The van der Waals surface area contributed by atoms with Gasteiger partial charge in [0.05, 0.1) is 39.3 Å². The Hall–Kier alpha value is -0.610. The maximum Gasteiger partial charge on any atom is 0.0857 e. The number of methoxy groups -OCH3 is 1. The van der Waals surface area contributed by atoms with Crippen LogP contribution in [0.4, 0.5) is 0 Å². The van der Waals surface area contributed by atoms with Gasteiger partial charge in [0.15, 0.2) is 0 Å². The summed E-state index contributed by atoms with van der Waals surface area (Å²) in [5, 5.41) is 9.36. The minimum atomic E-state index is -1.18. The van der Waals surface area contributed by atoms with E-state index in [1.54, 1.807) is 0 Å². The van der Waals surface area contributed by atoms with Crippen molar-refractivity contribution in [2.75, 3.05) is 40.4 Å². The number of carbonyl (C=O) groups is 1. The quantitative estimate of drug-likeness (QED) is 0.602. The Morgan fingerprint density at radius 2 is 1.73 bits per heavy atom. The third-order valence-corrected chi connectivity index (χ3v) is 2.55. The molecule has 15 heavy (non-hydrogen) atoms. The van der Waals surface area contributed by atoms with E-state index in [1.165, 1.54) is 37.6 Å². The average Bonchev–Trinajstić information content (AvgIpc) is 2.19. The van der Waals surface area contributed by atoms with Crippen LogP contribution in [0, 0.1) is 0 Å². The lowest BCUT2D eigenvalue weighted by Gasteiger charge is -2.31. The van der Waals surface area contributed by atoms with Crippen LogP contribution >= 0.6 is 0 Å². The van der Waals surface area contributed by atoms with Crippen LogP contribution in [0.15, 0.2) is 0 Å². The van der Waals surface area contributed by atoms with Crippen molar-refractivity contribution in [1.29, 1.82) is 0 Å². The van der Waals surface area contributed by atoms with Gasteiger partial charge in [-0.3, -0.25) is 0 Å². The van der Waals surface area contributed by atoms with Crippen molar-refractivity contribution in [3.8, 4) is 0 Å². The van der Waals surface area contributed by atoms with E-state index in [2.05, 4.69) is 32.6 Å². The number of aliphatic carboxylic acids is 1. The first-order valence-corrected chi connectivity index (χ1v) is 5.48. The van der Waals surface area contributed by atoms with Gasteiger partial charge in [0, 0.05) is 7.11 Å². The molecule has 0 saturated heterocycles. The molecule has 0 rings (SSSR count). The van der Waals surface area contributed by atoms with Gasteiger partial charge in [-0.05, 0) is 20.3 Å². The maximum absolute atomic E-state index is 9.36. The van der Waals surface area contributed by atoms with Crippen molar-refractivity contribution < 1.29 is 19.1 Å². The Bertz CT molecular complexity index is 156. The SMILES string of the molecule is CCC[N+](C)(CC)CC.COCC(=O)[O-]. The van der Waals surface area contributed by atoms with E-state index in [0.29, 0.717) is 0 Å². The molecule has 0 aliphatic heterocycles. The van der Waals surface area contributed by atoms with Crippen LogP contribution in [-0.4, -0.2) is 50.9 Å². The zero-order valence-electron chi connectivity index (χ0n) is 10.7. The summed E-state index contributed by atoms with van der Waals surface area (Å²) in [6, 6.07) is 0. The van der Waals surface area contributed by atoms with Gasteiger partial charge in [-0.25, -0.2) is 0 Å². The molecular formula is C11H25NO3. The van der Waals surface area contributed by atoms with E-state index >= 15 is 0 Å². The van der Waals surface area contributed by atoms with E-state index in [4.69, 9.17) is 0 Å². The molecule has 4 nitrogen and oxygen atoms in total. The van der Waals surface area contributed by atoms with Crippen molar-refractivity contribution >= 4 is 5.97 Å². The van der Waals surface area contributed by atoms with E-state index in [1.807, 2.05) is 0 Å². The lowest BCUT2D eigenvalue weighted by Crippen LogP contribution is -2.43. The number of hydrogen-bond donors (Lipinski definition) is 0. The molecule has 0 fully saturated rings. The fourth-order valence-corrected chi connectivity index (χ4v) is 1.20. The molecule has 0 N–H and O–H groups in total. The van der Waals surface area contributed by atoms with Gasteiger partial charge in [0.2, 0.25) is 0 Å². The van der Waals surface area contributed by atoms with Gasteiger partial charge in [-0.15, -0.1) is 0 Å². The van der Waals surface area contributed by atoms with Crippen molar-refractivity contribution in [3.63, 3.8) is 0 Å². The first-order chi connectivity index (χ1) is 6.95. The molecule has 0 unspecified atom stereocenters. The number of rotatable bonds is 6. The van der Waals surface area contributed by atoms with Gasteiger partial charge in [-0.2, -0.15) is 0 Å². The second-order valence-electron chi connectivity index (χ2n) is 3.78. The van der Waals surface area contributed by atoms with Crippen LogP contribution in [0.2, 0.25) is 0 Å². The monoisotopic (exact) mass is 219 g/mol. The highest BCUT2D eigenvalue weighted by Crippen LogP contribution is 2.01. The highest BCUT2D eigenvalue weighted by molar-refractivity contribution is 5.65. The van der Waals surface area contributed by atoms with Gasteiger partial charge in [-0.1, -0.05) is 6.92 Å². The van der Waals surface area contributed by atoms with Gasteiger partial charge in [0.25, 0.3) is 0 Å². The Morgan fingerprint density at radius 3 is 1.80 bits per heavy atom. The molecular weight excluding hydrogens is 194 g/mol. The molecule has 0 heterocycles. The van der Waals surface area contributed by atoms with Crippen LogP contribution in [0.3, 0.4) is 0 Å². The number of carboxylic acids is 1. The molecule has 4 heteroatoms. The normalized spacial score (nSPS) is 10.5. The second kappa shape index (κ2) is 9.93. The maximum atomic E-state index is 9.36. The first kappa shape index (κ1) is 16.8. The smallest absolute Gasteiger partial charge is 0.0857 e. The van der Waals surface area contributed by atoms with Crippen LogP contribution in [-0.2, 0) is 9.53 Å². The fraction of sp³-hybridized carbons (Fsp3) is 0.909. The minimum Gasteiger partial charge on any atom is -0.548 e. The largest absolute Gasteiger partial charge is 0.548 e. The summed E-state index contributed by atoms with van der Waals surface area (Å²) in [6.07, 6.45) is 1.30. The summed E-state index contributed by atoms with van der Waals surface area (Å²) in [4.78, 5) is 9.36. The first-order valence-electron chi connectivity index (χ1n) is 5.48. The van der Waals surface area contributed by atoms with Gasteiger partial charge in [0.1, 0.15) is 0 Å². The molecule has 0 saturated carbocycles. The molecule has 0 spiro atoms. The molecule has 0 radical (unpaired) electrons. The van der Waals surface area contributed by atoms with E-state index in [9.17, 15) is 9.90 Å². The standard InChI is InChI=1S/C8H20N.C3H6O3/c1-5-8-9(4,6-2)7-3;1-6-2-3(4)5/h5-8H2,1-4H3;2H2,1H3,(H,4,5)/q+1;/p-1. The summed E-state index contributed by atoms with van der Waals surface area (Å²) in [6.45, 7) is 10.3. The number of nitrogens with zero attached hydrogens (tertiary/aromatic N) is 1. The van der Waals surface area contributed by atoms with Crippen LogP contribution in [0.5, 0.6) is 0 Å². The predicted octanol–water partition coefficient (Wildman–Crippen LogP) is 0.266.